The Morgan fingerprint density at radius 1 is 0.674 bits per heavy atom. The molecule has 246 valence electrons. The lowest BCUT2D eigenvalue weighted by Gasteiger charge is -2.36. The van der Waals surface area contributed by atoms with Crippen molar-refractivity contribution >= 4 is 44.9 Å². The van der Waals surface area contributed by atoms with Gasteiger partial charge in [-0.3, -0.25) is 19.8 Å². The minimum Gasteiger partial charge on any atom is -0.452 e. The molecular weight excluding hydrogens is 621 g/mol. The number of rotatable bonds is 17. The molecule has 0 radical (unpaired) electrons. The van der Waals surface area contributed by atoms with Crippen LogP contribution in [0.2, 0.25) is 0 Å². The van der Waals surface area contributed by atoms with E-state index in [9.17, 15) is 9.59 Å². The van der Waals surface area contributed by atoms with Crippen LogP contribution in [0.25, 0.3) is 0 Å². The van der Waals surface area contributed by atoms with Gasteiger partial charge in [-0.2, -0.15) is 0 Å². The highest BCUT2D eigenvalue weighted by Gasteiger charge is 2.31. The third-order valence-corrected chi connectivity index (χ3v) is 9.52. The van der Waals surface area contributed by atoms with Gasteiger partial charge in [0.25, 0.3) is 0 Å². The third kappa shape index (κ3) is 9.83. The lowest BCUT2D eigenvalue weighted by atomic mass is 10.0. The average Bonchev–Trinajstić information content (AvgIpc) is 3.82. The topological polar surface area (TPSA) is 91.3 Å². The van der Waals surface area contributed by atoms with E-state index in [0.717, 1.165) is 47.3 Å². The highest BCUT2D eigenvalue weighted by Crippen LogP contribution is 2.27. The molecule has 2 aromatic heterocycles. The van der Waals surface area contributed by atoms with Gasteiger partial charge in [-0.15, -0.1) is 22.7 Å². The molecular formula is C34H44N6O4S2. The molecule has 10 nitrogen and oxygen atoms in total. The first-order valence-electron chi connectivity index (χ1n) is 15.5. The zero-order chi connectivity index (χ0) is 32.7. The number of ether oxygens (including phenoxy) is 2. The first-order chi connectivity index (χ1) is 22.5. The highest BCUT2D eigenvalue weighted by molar-refractivity contribution is 7.14. The van der Waals surface area contributed by atoms with Gasteiger partial charge in [0.1, 0.15) is 10.0 Å². The molecule has 2 heterocycles. The van der Waals surface area contributed by atoms with Crippen molar-refractivity contribution in [1.82, 2.24) is 19.8 Å². The van der Waals surface area contributed by atoms with Crippen LogP contribution in [0.3, 0.4) is 0 Å². The molecule has 4 rings (SSSR count). The molecule has 2 amide bonds. The molecule has 0 aliphatic heterocycles. The van der Waals surface area contributed by atoms with Gasteiger partial charge in [-0.05, 0) is 37.1 Å². The molecule has 2 unspecified atom stereocenters. The van der Waals surface area contributed by atoms with Crippen molar-refractivity contribution in [3.05, 3.63) is 95.2 Å². The van der Waals surface area contributed by atoms with Crippen LogP contribution in [0.1, 0.15) is 25.0 Å². The predicted molar refractivity (Wildman–Crippen MR) is 186 cm³/mol. The van der Waals surface area contributed by atoms with E-state index in [1.807, 2.05) is 36.4 Å². The van der Waals surface area contributed by atoms with Crippen LogP contribution >= 0.6 is 22.7 Å². The number of likely N-dealkylation sites (N-methyl/N-ethyl adjacent to an activating group) is 2. The molecule has 0 fully saturated rings. The van der Waals surface area contributed by atoms with Gasteiger partial charge in [0.05, 0.1) is 49.7 Å². The number of carbonyl (C=O) groups is 2. The summed E-state index contributed by atoms with van der Waals surface area (Å²) in [6, 6.07) is 20.1. The molecule has 2 atom stereocenters. The number of hydrogen-bond acceptors (Lipinski definition) is 10. The fraction of sp³-hybridized carbons (Fsp3) is 0.412. The van der Waals surface area contributed by atoms with Crippen molar-refractivity contribution in [1.29, 1.82) is 0 Å². The first-order valence-corrected chi connectivity index (χ1v) is 17.3. The molecule has 46 heavy (non-hydrogen) atoms. The summed E-state index contributed by atoms with van der Waals surface area (Å²) in [6.07, 6.45) is 3.99. The van der Waals surface area contributed by atoms with Crippen LogP contribution in [0.5, 0.6) is 0 Å². The monoisotopic (exact) mass is 664 g/mol. The quantitative estimate of drug-likeness (QED) is 0.130. The second kappa shape index (κ2) is 18.3. The lowest BCUT2D eigenvalue weighted by molar-refractivity contribution is 0.163. The van der Waals surface area contributed by atoms with Crippen molar-refractivity contribution in [3.63, 3.8) is 0 Å². The molecule has 2 aromatic carbocycles. The van der Waals surface area contributed by atoms with Gasteiger partial charge in [0.2, 0.25) is 0 Å². The Morgan fingerprint density at radius 3 is 1.37 bits per heavy atom. The summed E-state index contributed by atoms with van der Waals surface area (Å²) in [6.45, 7) is 8.77. The van der Waals surface area contributed by atoms with Crippen LogP contribution in [-0.4, -0.2) is 97.5 Å². The van der Waals surface area contributed by atoms with E-state index in [0.29, 0.717) is 25.9 Å². The Bertz CT molecular complexity index is 1320. The maximum Gasteiger partial charge on any atom is 0.415 e. The van der Waals surface area contributed by atoms with E-state index in [-0.39, 0.29) is 12.1 Å². The Labute approximate surface area is 280 Å². The van der Waals surface area contributed by atoms with Crippen LogP contribution in [-0.2, 0) is 22.3 Å². The van der Waals surface area contributed by atoms with E-state index < -0.39 is 12.2 Å². The van der Waals surface area contributed by atoms with Gasteiger partial charge in [0, 0.05) is 26.2 Å². The molecule has 0 spiro atoms. The van der Waals surface area contributed by atoms with E-state index in [2.05, 4.69) is 57.9 Å². The second-order valence-electron chi connectivity index (χ2n) is 10.8. The zero-order valence-corrected chi connectivity index (χ0v) is 28.7. The number of thiazole rings is 2. The molecule has 0 saturated carbocycles. The van der Waals surface area contributed by atoms with Gasteiger partial charge in [0.15, 0.2) is 0 Å². The Balaban J connectivity index is 1.53. The van der Waals surface area contributed by atoms with Crippen LogP contribution in [0.4, 0.5) is 19.6 Å². The summed E-state index contributed by atoms with van der Waals surface area (Å²) >= 11 is 2.85. The lowest BCUT2D eigenvalue weighted by Crippen LogP contribution is -2.51. The zero-order valence-electron chi connectivity index (χ0n) is 27.0. The third-order valence-electron chi connectivity index (χ3n) is 7.98. The number of nitrogens with zero attached hydrogens (tertiary/aromatic N) is 6. The molecule has 0 bridgehead atoms. The van der Waals surface area contributed by atoms with Crippen LogP contribution < -0.4 is 9.80 Å². The standard InChI is InChI=1S/C34H44N6O4S2/c1-5-37(23-29(19-27-13-9-7-10-14-27)39(33(41)43-3)31-21-35-25-45-31)17-18-38(6-2)24-30(20-28-15-11-8-12-16-28)40(34(42)44-4)32-22-36-26-46-32/h7-16,21-22,25-26,29-30H,5-6,17-20,23-24H2,1-4H3. The SMILES string of the molecule is CCN(CCN(CC)CC(Cc1ccccc1)N(C(=O)OC)c1cncs1)CC(Cc1ccccc1)N(C(=O)OC)c1cncs1. The van der Waals surface area contributed by atoms with E-state index >= 15 is 0 Å². The fourth-order valence-electron chi connectivity index (χ4n) is 5.57. The number of benzene rings is 2. The molecule has 0 aliphatic rings. The summed E-state index contributed by atoms with van der Waals surface area (Å²) in [5, 5.41) is 1.52. The minimum atomic E-state index is -0.397. The summed E-state index contributed by atoms with van der Waals surface area (Å²) in [4.78, 5) is 43.0. The Hall–Kier alpha value is -3.84. The van der Waals surface area contributed by atoms with Gasteiger partial charge < -0.3 is 19.3 Å². The number of amides is 2. The summed E-state index contributed by atoms with van der Waals surface area (Å²) in [5.74, 6) is 0. The van der Waals surface area contributed by atoms with Crippen molar-refractivity contribution in [2.24, 2.45) is 0 Å². The molecule has 0 saturated heterocycles. The maximum absolute atomic E-state index is 13.1. The smallest absolute Gasteiger partial charge is 0.415 e. The molecule has 12 heteroatoms. The van der Waals surface area contributed by atoms with Crippen LogP contribution in [0.15, 0.2) is 84.1 Å². The van der Waals surface area contributed by atoms with E-state index in [4.69, 9.17) is 9.47 Å². The summed E-state index contributed by atoms with van der Waals surface area (Å²) in [5.41, 5.74) is 5.76. The predicted octanol–water partition coefficient (Wildman–Crippen LogP) is 6.31. The van der Waals surface area contributed by atoms with E-state index in [1.165, 1.54) is 36.9 Å². The number of carbonyl (C=O) groups excluding carboxylic acids is 2. The van der Waals surface area contributed by atoms with Crippen molar-refractivity contribution in [2.75, 3.05) is 63.3 Å². The number of anilines is 2. The number of aromatic nitrogens is 2. The summed E-state index contributed by atoms with van der Waals surface area (Å²) < 4.78 is 10.5. The van der Waals surface area contributed by atoms with Gasteiger partial charge >= 0.3 is 12.2 Å². The number of methoxy groups -OCH3 is 2. The Kier molecular flexibility index (Phi) is 14.0. The van der Waals surface area contributed by atoms with Gasteiger partial charge in [-0.1, -0.05) is 74.5 Å². The highest BCUT2D eigenvalue weighted by atomic mass is 32.1. The van der Waals surface area contributed by atoms with E-state index in [1.54, 1.807) is 33.2 Å². The minimum absolute atomic E-state index is 0.169. The second-order valence-corrected chi connectivity index (χ2v) is 12.6. The van der Waals surface area contributed by atoms with Crippen molar-refractivity contribution in [3.8, 4) is 0 Å². The largest absolute Gasteiger partial charge is 0.452 e. The Morgan fingerprint density at radius 2 is 1.07 bits per heavy atom. The first kappa shape index (κ1) is 35.0. The van der Waals surface area contributed by atoms with Crippen molar-refractivity contribution in [2.45, 2.75) is 38.8 Å². The molecule has 0 aliphatic carbocycles. The average molecular weight is 665 g/mol. The number of hydrogen-bond donors (Lipinski definition) is 0. The maximum atomic E-state index is 13.1. The van der Waals surface area contributed by atoms with Crippen LogP contribution in [0, 0.1) is 0 Å². The van der Waals surface area contributed by atoms with Crippen molar-refractivity contribution < 1.29 is 19.1 Å². The molecule has 0 N–H and O–H groups in total. The summed E-state index contributed by atoms with van der Waals surface area (Å²) in [7, 11) is 2.84. The van der Waals surface area contributed by atoms with Gasteiger partial charge in [-0.25, -0.2) is 9.59 Å². The normalized spacial score (nSPS) is 12.6. The fourth-order valence-corrected chi connectivity index (χ4v) is 6.95. The molecule has 4 aromatic rings.